The second-order valence-electron chi connectivity index (χ2n) is 9.80. The van der Waals surface area contributed by atoms with Crippen molar-refractivity contribution in [2.24, 2.45) is 0 Å². The number of thiophene rings is 1. The Morgan fingerprint density at radius 1 is 1.21 bits per heavy atom. The third-order valence-electron chi connectivity index (χ3n) is 7.57. The van der Waals surface area contributed by atoms with E-state index in [1.807, 2.05) is 55.3 Å². The molecule has 198 valence electrons. The Labute approximate surface area is 231 Å². The summed E-state index contributed by atoms with van der Waals surface area (Å²) in [7, 11) is 3.60. The Kier molecular flexibility index (Phi) is 7.98. The van der Waals surface area contributed by atoms with Crippen LogP contribution in [0, 0.1) is 12.7 Å². The zero-order valence-corrected chi connectivity index (χ0v) is 23.3. The summed E-state index contributed by atoms with van der Waals surface area (Å²) in [5, 5.41) is 4.83. The third-order valence-corrected chi connectivity index (χ3v) is 9.20. The fraction of sp³-hybridized carbons (Fsp3) is 0.333. The number of aromatic nitrogens is 1. The van der Waals surface area contributed by atoms with Gasteiger partial charge in [-0.25, -0.2) is 4.39 Å². The molecule has 4 aromatic rings. The Morgan fingerprint density at radius 2 is 2.00 bits per heavy atom. The van der Waals surface area contributed by atoms with Crippen molar-refractivity contribution in [1.29, 1.82) is 0 Å². The molecule has 1 aliphatic rings. The van der Waals surface area contributed by atoms with Crippen molar-refractivity contribution < 1.29 is 13.9 Å². The zero-order chi connectivity index (χ0) is 26.8. The van der Waals surface area contributed by atoms with Crippen LogP contribution in [-0.4, -0.2) is 42.0 Å². The Bertz CT molecular complexity index is 1470. The first-order valence-corrected chi connectivity index (χ1v) is 14.0. The summed E-state index contributed by atoms with van der Waals surface area (Å²) in [5.41, 5.74) is 3.04. The maximum absolute atomic E-state index is 14.6. The van der Waals surface area contributed by atoms with Crippen LogP contribution >= 0.6 is 22.9 Å². The molecule has 8 heteroatoms. The van der Waals surface area contributed by atoms with Crippen molar-refractivity contribution in [1.82, 2.24) is 15.2 Å². The largest absolute Gasteiger partial charge is 0.496 e. The molecule has 0 bridgehead atoms. The number of amides is 1. The molecule has 1 saturated carbocycles. The van der Waals surface area contributed by atoms with Crippen molar-refractivity contribution in [2.75, 3.05) is 14.2 Å². The number of benzene rings is 2. The second-order valence-corrected chi connectivity index (χ2v) is 11.2. The van der Waals surface area contributed by atoms with E-state index < -0.39 is 5.82 Å². The van der Waals surface area contributed by atoms with Crippen LogP contribution in [0.5, 0.6) is 5.75 Å². The first-order chi connectivity index (χ1) is 18.4. The Morgan fingerprint density at radius 3 is 2.68 bits per heavy atom. The highest BCUT2D eigenvalue weighted by Gasteiger charge is 2.32. The van der Waals surface area contributed by atoms with Gasteiger partial charge in [-0.1, -0.05) is 29.8 Å². The molecular weight excluding hydrogens is 521 g/mol. The van der Waals surface area contributed by atoms with Crippen LogP contribution in [0.15, 0.2) is 54.9 Å². The van der Waals surface area contributed by atoms with Gasteiger partial charge in [-0.15, -0.1) is 11.3 Å². The number of halogens is 2. The van der Waals surface area contributed by atoms with Gasteiger partial charge < -0.3 is 15.0 Å². The van der Waals surface area contributed by atoms with Gasteiger partial charge in [0.05, 0.1) is 18.3 Å². The van der Waals surface area contributed by atoms with Gasteiger partial charge in [-0.2, -0.15) is 0 Å². The molecule has 2 aromatic carbocycles. The predicted octanol–water partition coefficient (Wildman–Crippen LogP) is 7.25. The highest BCUT2D eigenvalue weighted by Crippen LogP contribution is 2.40. The molecule has 1 fully saturated rings. The molecule has 0 aliphatic heterocycles. The van der Waals surface area contributed by atoms with Gasteiger partial charge in [-0.05, 0) is 75.0 Å². The van der Waals surface area contributed by atoms with Crippen LogP contribution < -0.4 is 10.1 Å². The van der Waals surface area contributed by atoms with Gasteiger partial charge in [0.15, 0.2) is 0 Å². The summed E-state index contributed by atoms with van der Waals surface area (Å²) in [6.45, 7) is 2.35. The van der Waals surface area contributed by atoms with Crippen molar-refractivity contribution >= 4 is 38.9 Å². The second kappa shape index (κ2) is 11.4. The number of nitrogens with one attached hydrogen (secondary N) is 1. The van der Waals surface area contributed by atoms with Crippen molar-refractivity contribution in [3.8, 4) is 16.9 Å². The van der Waals surface area contributed by atoms with Crippen molar-refractivity contribution in [3.63, 3.8) is 0 Å². The van der Waals surface area contributed by atoms with Gasteiger partial charge in [0.25, 0.3) is 5.91 Å². The van der Waals surface area contributed by atoms with Gasteiger partial charge in [0, 0.05) is 46.0 Å². The summed E-state index contributed by atoms with van der Waals surface area (Å²) in [6.07, 6.45) is 6.54. The number of methoxy groups -OCH3 is 1. The minimum Gasteiger partial charge on any atom is -0.496 e. The van der Waals surface area contributed by atoms with Crippen LogP contribution in [0.4, 0.5) is 4.39 Å². The van der Waals surface area contributed by atoms with E-state index in [0.29, 0.717) is 39.4 Å². The number of ether oxygens (including phenoxy) is 1. The van der Waals surface area contributed by atoms with Gasteiger partial charge in [0.2, 0.25) is 0 Å². The SMILES string of the molecule is CNC1CCC(N(Cc2cc(-c3ccncc3F)ccc2OC)C(=O)c2sc3cccc(C)c3c2Cl)CC1. The first-order valence-electron chi connectivity index (χ1n) is 12.8. The van der Waals surface area contributed by atoms with E-state index >= 15 is 0 Å². The van der Waals surface area contributed by atoms with Gasteiger partial charge in [0.1, 0.15) is 16.4 Å². The maximum atomic E-state index is 14.6. The number of fused-ring (bicyclic) bond motifs is 1. The number of pyridine rings is 1. The number of carbonyl (C=O) groups is 1. The number of rotatable bonds is 7. The van der Waals surface area contributed by atoms with E-state index in [2.05, 4.69) is 10.3 Å². The minimum atomic E-state index is -0.394. The molecule has 5 rings (SSSR count). The molecule has 0 saturated heterocycles. The molecule has 0 spiro atoms. The van der Waals surface area contributed by atoms with Gasteiger partial charge >= 0.3 is 0 Å². The van der Waals surface area contributed by atoms with E-state index in [9.17, 15) is 9.18 Å². The number of aryl methyl sites for hydroxylation is 1. The summed E-state index contributed by atoms with van der Waals surface area (Å²) in [4.78, 5) is 20.6. The summed E-state index contributed by atoms with van der Waals surface area (Å²) >= 11 is 8.29. The molecule has 5 nitrogen and oxygen atoms in total. The van der Waals surface area contributed by atoms with E-state index in [0.717, 1.165) is 46.9 Å². The quantitative estimate of drug-likeness (QED) is 0.263. The van der Waals surface area contributed by atoms with Crippen LogP contribution in [-0.2, 0) is 6.54 Å². The minimum absolute atomic E-state index is 0.0560. The third kappa shape index (κ3) is 5.15. The molecule has 0 radical (unpaired) electrons. The average Bonchev–Trinajstić information content (AvgIpc) is 3.29. The molecule has 1 N–H and O–H groups in total. The fourth-order valence-electron chi connectivity index (χ4n) is 5.45. The Hall–Kier alpha value is -3.00. The first kappa shape index (κ1) is 26.6. The molecule has 38 heavy (non-hydrogen) atoms. The lowest BCUT2D eigenvalue weighted by Crippen LogP contribution is -2.44. The number of hydrogen-bond acceptors (Lipinski definition) is 5. The molecular formula is C30H31ClFN3O2S. The van der Waals surface area contributed by atoms with Crippen LogP contribution in [0.2, 0.25) is 5.02 Å². The monoisotopic (exact) mass is 551 g/mol. The molecule has 0 unspecified atom stereocenters. The van der Waals surface area contributed by atoms with E-state index in [1.165, 1.54) is 17.5 Å². The average molecular weight is 552 g/mol. The molecule has 2 aromatic heterocycles. The van der Waals surface area contributed by atoms with Crippen molar-refractivity contribution in [2.45, 2.75) is 51.2 Å². The molecule has 0 atom stereocenters. The highest BCUT2D eigenvalue weighted by molar-refractivity contribution is 7.21. The van der Waals surface area contributed by atoms with Crippen molar-refractivity contribution in [3.05, 3.63) is 81.7 Å². The van der Waals surface area contributed by atoms with Gasteiger partial charge in [-0.3, -0.25) is 9.78 Å². The summed E-state index contributed by atoms with van der Waals surface area (Å²) in [5.74, 6) is 0.184. The standard InChI is InChI=1S/C30H31ClFN3O2S/c1-18-5-4-6-26-27(18)28(31)29(38-26)30(36)35(22-10-8-21(33-2)9-11-22)17-20-15-19(7-12-25(20)37-3)23-13-14-34-16-24(23)32/h4-7,12-16,21-22,33H,8-11,17H2,1-3H3. The normalized spacial score (nSPS) is 17.5. The molecule has 1 aliphatic carbocycles. The zero-order valence-electron chi connectivity index (χ0n) is 21.8. The van der Waals surface area contributed by atoms with Crippen LogP contribution in [0.3, 0.4) is 0 Å². The summed E-state index contributed by atoms with van der Waals surface area (Å²) in [6, 6.07) is 13.7. The summed E-state index contributed by atoms with van der Waals surface area (Å²) < 4.78 is 21.3. The smallest absolute Gasteiger partial charge is 0.266 e. The Balaban J connectivity index is 1.55. The lowest BCUT2D eigenvalue weighted by molar-refractivity contribution is 0.0604. The van der Waals surface area contributed by atoms with Crippen LogP contribution in [0.1, 0.15) is 46.5 Å². The van der Waals surface area contributed by atoms with E-state index in [-0.39, 0.29) is 11.9 Å². The maximum Gasteiger partial charge on any atom is 0.266 e. The van der Waals surface area contributed by atoms with E-state index in [4.69, 9.17) is 16.3 Å². The fourth-order valence-corrected chi connectivity index (χ4v) is 7.08. The van der Waals surface area contributed by atoms with Crippen LogP contribution in [0.25, 0.3) is 21.2 Å². The lowest BCUT2D eigenvalue weighted by Gasteiger charge is -2.37. The highest BCUT2D eigenvalue weighted by atomic mass is 35.5. The molecule has 1 amide bonds. The van der Waals surface area contributed by atoms with E-state index in [1.54, 1.807) is 19.4 Å². The topological polar surface area (TPSA) is 54.5 Å². The number of carbonyl (C=O) groups excluding carboxylic acids is 1. The number of hydrogen-bond donors (Lipinski definition) is 1. The molecule has 2 heterocycles. The number of nitrogens with zero attached hydrogens (tertiary/aromatic N) is 2. The lowest BCUT2D eigenvalue weighted by atomic mass is 9.89. The predicted molar refractivity (Wildman–Crippen MR) is 153 cm³/mol.